The molecule has 1 aliphatic rings. The van der Waals surface area contributed by atoms with Crippen LogP contribution in [0.4, 0.5) is 4.79 Å². The van der Waals surface area contributed by atoms with Crippen LogP contribution in [-0.2, 0) is 10.2 Å². The van der Waals surface area contributed by atoms with Crippen LogP contribution in [0.5, 0.6) is 0 Å². The molecule has 0 aliphatic carbocycles. The summed E-state index contributed by atoms with van der Waals surface area (Å²) in [5.41, 5.74) is 0.635. The predicted octanol–water partition coefficient (Wildman–Crippen LogP) is 1.87. The third kappa shape index (κ3) is 3.96. The summed E-state index contributed by atoms with van der Waals surface area (Å²) in [6.45, 7) is 5.39. The maximum Gasteiger partial charge on any atom is 0.317 e. The minimum Gasteiger partial charge on any atom is -0.481 e. The number of nitrogens with one attached hydrogen (secondary N) is 1. The molecule has 6 nitrogen and oxygen atoms in total. The van der Waals surface area contributed by atoms with E-state index in [4.69, 9.17) is 5.11 Å². The van der Waals surface area contributed by atoms with Crippen molar-refractivity contribution in [1.29, 1.82) is 0 Å². The molecule has 2 heterocycles. The van der Waals surface area contributed by atoms with Gasteiger partial charge < -0.3 is 15.3 Å². The van der Waals surface area contributed by atoms with E-state index >= 15 is 0 Å². The number of pyridine rings is 1. The van der Waals surface area contributed by atoms with Crippen molar-refractivity contribution in [2.24, 2.45) is 5.92 Å². The third-order valence-corrected chi connectivity index (χ3v) is 4.10. The topological polar surface area (TPSA) is 82.5 Å². The van der Waals surface area contributed by atoms with Crippen LogP contribution < -0.4 is 5.32 Å². The van der Waals surface area contributed by atoms with E-state index in [0.29, 0.717) is 19.5 Å². The number of rotatable bonds is 4. The Morgan fingerprint density at radius 3 is 2.86 bits per heavy atom. The van der Waals surface area contributed by atoms with Crippen LogP contribution in [0.1, 0.15) is 32.4 Å². The van der Waals surface area contributed by atoms with Gasteiger partial charge in [-0.3, -0.25) is 9.78 Å². The van der Waals surface area contributed by atoms with E-state index in [2.05, 4.69) is 10.3 Å². The van der Waals surface area contributed by atoms with Crippen LogP contribution >= 0.6 is 0 Å². The molecule has 6 heteroatoms. The number of piperidine rings is 1. The fraction of sp³-hybridized carbons (Fsp3) is 0.562. The second-order valence-corrected chi connectivity index (χ2v) is 6.38. The maximum absolute atomic E-state index is 12.2. The van der Waals surface area contributed by atoms with Crippen molar-refractivity contribution in [3.05, 3.63) is 30.1 Å². The SMILES string of the molecule is CC(C)(CNC(=O)N1CCCC(C(=O)O)C1)c1ccccn1. The lowest BCUT2D eigenvalue weighted by atomic mass is 9.89. The van der Waals surface area contributed by atoms with E-state index in [1.165, 1.54) is 0 Å². The van der Waals surface area contributed by atoms with Gasteiger partial charge in [-0.05, 0) is 25.0 Å². The van der Waals surface area contributed by atoms with E-state index in [1.54, 1.807) is 11.1 Å². The number of amides is 2. The molecule has 0 saturated carbocycles. The minimum atomic E-state index is -0.827. The highest BCUT2D eigenvalue weighted by Gasteiger charge is 2.29. The van der Waals surface area contributed by atoms with E-state index in [0.717, 1.165) is 12.1 Å². The van der Waals surface area contributed by atoms with Gasteiger partial charge in [0.1, 0.15) is 0 Å². The summed E-state index contributed by atoms with van der Waals surface area (Å²) in [5.74, 6) is -1.28. The van der Waals surface area contributed by atoms with Crippen molar-refractivity contribution in [2.45, 2.75) is 32.1 Å². The number of hydrogen-bond donors (Lipinski definition) is 2. The molecule has 22 heavy (non-hydrogen) atoms. The molecule has 2 amide bonds. The second-order valence-electron chi connectivity index (χ2n) is 6.38. The molecule has 0 aromatic carbocycles. The van der Waals surface area contributed by atoms with Crippen LogP contribution in [0.3, 0.4) is 0 Å². The largest absolute Gasteiger partial charge is 0.481 e. The Morgan fingerprint density at radius 2 is 2.23 bits per heavy atom. The summed E-state index contributed by atoms with van der Waals surface area (Å²) in [6, 6.07) is 5.52. The molecule has 0 bridgehead atoms. The highest BCUT2D eigenvalue weighted by molar-refractivity contribution is 5.76. The van der Waals surface area contributed by atoms with E-state index in [9.17, 15) is 9.59 Å². The molecular weight excluding hydrogens is 282 g/mol. The summed E-state index contributed by atoms with van der Waals surface area (Å²) in [7, 11) is 0. The zero-order valence-corrected chi connectivity index (χ0v) is 13.1. The lowest BCUT2D eigenvalue weighted by molar-refractivity contribution is -0.143. The first-order chi connectivity index (χ1) is 10.4. The molecule has 2 N–H and O–H groups in total. The van der Waals surface area contributed by atoms with Crippen molar-refractivity contribution in [3.8, 4) is 0 Å². The summed E-state index contributed by atoms with van der Waals surface area (Å²) in [4.78, 5) is 29.2. The lowest BCUT2D eigenvalue weighted by Crippen LogP contribution is -2.49. The van der Waals surface area contributed by atoms with E-state index in [-0.39, 0.29) is 18.0 Å². The fourth-order valence-electron chi connectivity index (χ4n) is 2.63. The van der Waals surface area contributed by atoms with E-state index in [1.807, 2.05) is 32.0 Å². The number of carbonyl (C=O) groups excluding carboxylic acids is 1. The maximum atomic E-state index is 12.2. The van der Waals surface area contributed by atoms with Crippen LogP contribution in [0, 0.1) is 5.92 Å². The van der Waals surface area contributed by atoms with Gasteiger partial charge in [0.15, 0.2) is 0 Å². The second kappa shape index (κ2) is 6.77. The zero-order valence-electron chi connectivity index (χ0n) is 13.1. The lowest BCUT2D eigenvalue weighted by Gasteiger charge is -2.32. The number of carboxylic acid groups (broad SMARTS) is 1. The van der Waals surface area contributed by atoms with Gasteiger partial charge in [-0.25, -0.2) is 4.79 Å². The highest BCUT2D eigenvalue weighted by atomic mass is 16.4. The number of aromatic nitrogens is 1. The molecule has 1 fully saturated rings. The van der Waals surface area contributed by atoms with Crippen LogP contribution in [0.25, 0.3) is 0 Å². The van der Waals surface area contributed by atoms with E-state index < -0.39 is 11.9 Å². The van der Waals surface area contributed by atoms with Gasteiger partial charge in [-0.1, -0.05) is 19.9 Å². The average molecular weight is 305 g/mol. The standard InChI is InChI=1S/C16H23N3O3/c1-16(2,13-7-3-4-8-17-13)11-18-15(22)19-9-5-6-12(10-19)14(20)21/h3-4,7-8,12H,5-6,9-11H2,1-2H3,(H,18,22)(H,20,21). The number of carbonyl (C=O) groups is 2. The Hall–Kier alpha value is -2.11. The summed E-state index contributed by atoms with van der Waals surface area (Å²) < 4.78 is 0. The first kappa shape index (κ1) is 16.3. The fourth-order valence-corrected chi connectivity index (χ4v) is 2.63. The van der Waals surface area contributed by atoms with Crippen molar-refractivity contribution in [2.75, 3.05) is 19.6 Å². The summed E-state index contributed by atoms with van der Waals surface area (Å²) in [6.07, 6.45) is 3.10. The van der Waals surface area contributed by atoms with Crippen LogP contribution in [0.2, 0.25) is 0 Å². The van der Waals surface area contributed by atoms with Crippen LogP contribution in [-0.4, -0.2) is 46.6 Å². The molecular formula is C16H23N3O3. The van der Waals surface area contributed by atoms with Gasteiger partial charge in [0.05, 0.1) is 5.92 Å². The molecule has 1 aliphatic heterocycles. The number of likely N-dealkylation sites (tertiary alicyclic amines) is 1. The third-order valence-electron chi connectivity index (χ3n) is 4.10. The monoisotopic (exact) mass is 305 g/mol. The van der Waals surface area contributed by atoms with Crippen molar-refractivity contribution < 1.29 is 14.7 Å². The number of carboxylic acids is 1. The first-order valence-electron chi connectivity index (χ1n) is 7.57. The Labute approximate surface area is 130 Å². The van der Waals surface area contributed by atoms with Gasteiger partial charge in [0, 0.05) is 36.9 Å². The van der Waals surface area contributed by atoms with Crippen molar-refractivity contribution in [1.82, 2.24) is 15.2 Å². The van der Waals surface area contributed by atoms with Gasteiger partial charge in [0.2, 0.25) is 0 Å². The van der Waals surface area contributed by atoms with Gasteiger partial charge in [-0.2, -0.15) is 0 Å². The van der Waals surface area contributed by atoms with Gasteiger partial charge >= 0.3 is 12.0 Å². The first-order valence-corrected chi connectivity index (χ1v) is 7.57. The molecule has 2 rings (SSSR count). The molecule has 1 saturated heterocycles. The summed E-state index contributed by atoms with van der Waals surface area (Å²) in [5, 5.41) is 12.0. The highest BCUT2D eigenvalue weighted by Crippen LogP contribution is 2.20. The minimum absolute atomic E-state index is 0.199. The number of nitrogens with zero attached hydrogens (tertiary/aromatic N) is 2. The Kier molecular flexibility index (Phi) is 5.00. The quantitative estimate of drug-likeness (QED) is 0.889. The van der Waals surface area contributed by atoms with Gasteiger partial charge in [-0.15, -0.1) is 0 Å². The van der Waals surface area contributed by atoms with Crippen LogP contribution in [0.15, 0.2) is 24.4 Å². The summed E-state index contributed by atoms with van der Waals surface area (Å²) >= 11 is 0. The normalized spacial score (nSPS) is 18.8. The number of aliphatic carboxylic acids is 1. The molecule has 1 aromatic rings. The average Bonchev–Trinajstić information content (AvgIpc) is 2.53. The van der Waals surface area contributed by atoms with Crippen molar-refractivity contribution >= 4 is 12.0 Å². The van der Waals surface area contributed by atoms with Crippen molar-refractivity contribution in [3.63, 3.8) is 0 Å². The Morgan fingerprint density at radius 1 is 1.45 bits per heavy atom. The molecule has 0 radical (unpaired) electrons. The predicted molar refractivity (Wildman–Crippen MR) is 82.6 cm³/mol. The smallest absolute Gasteiger partial charge is 0.317 e. The number of hydrogen-bond acceptors (Lipinski definition) is 3. The Balaban J connectivity index is 1.91. The van der Waals surface area contributed by atoms with Gasteiger partial charge in [0.25, 0.3) is 0 Å². The number of urea groups is 1. The molecule has 120 valence electrons. The zero-order chi connectivity index (χ0) is 16.2. The molecule has 1 unspecified atom stereocenters. The Bertz CT molecular complexity index is 531. The molecule has 1 aromatic heterocycles. The molecule has 1 atom stereocenters. The molecule has 0 spiro atoms.